The van der Waals surface area contributed by atoms with Gasteiger partial charge in [-0.3, -0.25) is 14.3 Å². The first-order valence-electron chi connectivity index (χ1n) is 10.8. The number of benzene rings is 2. The Morgan fingerprint density at radius 1 is 1.16 bits per heavy atom. The molecule has 13 heteroatoms. The lowest BCUT2D eigenvalue weighted by Gasteiger charge is -2.21. The second-order valence-corrected chi connectivity index (χ2v) is 10.5. The molecule has 0 spiro atoms. The van der Waals surface area contributed by atoms with E-state index in [0.29, 0.717) is 33.2 Å². The molecule has 2 heterocycles. The van der Waals surface area contributed by atoms with Crippen molar-refractivity contribution in [3.63, 3.8) is 0 Å². The van der Waals surface area contributed by atoms with Crippen LogP contribution in [0.5, 0.6) is 0 Å². The first-order valence-corrected chi connectivity index (χ1v) is 12.0. The highest BCUT2D eigenvalue weighted by atomic mass is 35.5. The third-order valence-electron chi connectivity index (χ3n) is 5.06. The third-order valence-corrected chi connectivity index (χ3v) is 6.16. The number of alkyl halides is 3. The lowest BCUT2D eigenvalue weighted by molar-refractivity contribution is -0.138. The minimum Gasteiger partial charge on any atom is -0.443 e. The van der Waals surface area contributed by atoms with Gasteiger partial charge in [0.2, 0.25) is 0 Å². The van der Waals surface area contributed by atoms with Crippen molar-refractivity contribution in [2.24, 2.45) is 0 Å². The second-order valence-electron chi connectivity index (χ2n) is 9.05. The Morgan fingerprint density at radius 3 is 2.57 bits per heavy atom. The minimum atomic E-state index is -4.57. The standard InChI is InChI=1S/C24H20ClF3N4O4S/c1-23(2,3)36-21(34)30-32-20(33)19(37-22(32)35)9-13-4-7-18-15(8-13)11-29-31(18)12-14-5-6-16(25)10-17(14)24(26,27)28/h4-11H,12H2,1-3H3,(H,30,34)/b19-9-. The smallest absolute Gasteiger partial charge is 0.427 e. The average molecular weight is 553 g/mol. The fraction of sp³-hybridized carbons (Fsp3) is 0.250. The van der Waals surface area contributed by atoms with Crippen LogP contribution in [0.15, 0.2) is 47.5 Å². The van der Waals surface area contributed by atoms with E-state index in [9.17, 15) is 27.6 Å². The van der Waals surface area contributed by atoms with Crippen molar-refractivity contribution in [3.05, 3.63) is 69.2 Å². The average Bonchev–Trinajstić information content (AvgIpc) is 3.28. The second kappa shape index (κ2) is 9.75. The van der Waals surface area contributed by atoms with Gasteiger partial charge in [0, 0.05) is 10.4 Å². The molecule has 2 aromatic carbocycles. The van der Waals surface area contributed by atoms with E-state index in [1.165, 1.54) is 29.1 Å². The molecule has 1 aliphatic heterocycles. The molecule has 4 rings (SSSR count). The number of amides is 3. The molecule has 1 saturated heterocycles. The highest BCUT2D eigenvalue weighted by molar-refractivity contribution is 8.18. The zero-order valence-electron chi connectivity index (χ0n) is 19.7. The highest BCUT2D eigenvalue weighted by Gasteiger charge is 2.37. The molecule has 3 aromatic rings. The molecule has 1 N–H and O–H groups in total. The van der Waals surface area contributed by atoms with Crippen LogP contribution in [0.2, 0.25) is 5.02 Å². The number of thioether (sulfide) groups is 1. The van der Waals surface area contributed by atoms with Crippen molar-refractivity contribution >= 4 is 57.6 Å². The van der Waals surface area contributed by atoms with E-state index < -0.39 is 34.6 Å². The molecule has 8 nitrogen and oxygen atoms in total. The Kier molecular flexibility index (Phi) is 6.99. The monoisotopic (exact) mass is 552 g/mol. The van der Waals surface area contributed by atoms with Crippen molar-refractivity contribution < 1.29 is 32.3 Å². The number of ether oxygens (including phenoxy) is 1. The van der Waals surface area contributed by atoms with Gasteiger partial charge in [-0.15, -0.1) is 0 Å². The van der Waals surface area contributed by atoms with Crippen LogP contribution in [0, 0.1) is 0 Å². The van der Waals surface area contributed by atoms with Crippen LogP contribution in [0.4, 0.5) is 22.8 Å². The van der Waals surface area contributed by atoms with Gasteiger partial charge in [0.05, 0.1) is 28.7 Å². The van der Waals surface area contributed by atoms with Crippen molar-refractivity contribution in [3.8, 4) is 0 Å². The van der Waals surface area contributed by atoms with Crippen LogP contribution in [0.1, 0.15) is 37.5 Å². The number of hydrogen-bond donors (Lipinski definition) is 1. The fourth-order valence-electron chi connectivity index (χ4n) is 3.54. The van der Waals surface area contributed by atoms with Crippen molar-refractivity contribution in [2.75, 3.05) is 0 Å². The number of fused-ring (bicyclic) bond motifs is 1. The van der Waals surface area contributed by atoms with Crippen molar-refractivity contribution in [2.45, 2.75) is 39.1 Å². The van der Waals surface area contributed by atoms with Crippen molar-refractivity contribution in [1.29, 1.82) is 0 Å². The molecule has 0 saturated carbocycles. The van der Waals surface area contributed by atoms with Gasteiger partial charge in [0.1, 0.15) is 5.60 Å². The molecule has 1 aromatic heterocycles. The number of carbonyl (C=O) groups is 3. The third kappa shape index (κ3) is 6.08. The van der Waals surface area contributed by atoms with E-state index in [-0.39, 0.29) is 22.0 Å². The fourth-order valence-corrected chi connectivity index (χ4v) is 4.49. The number of nitrogens with one attached hydrogen (secondary N) is 1. The van der Waals surface area contributed by atoms with Crippen LogP contribution in [0.25, 0.3) is 17.0 Å². The Bertz CT molecular complexity index is 1450. The molecule has 194 valence electrons. The molecule has 0 aliphatic carbocycles. The number of nitrogens with zero attached hydrogens (tertiary/aromatic N) is 3. The van der Waals surface area contributed by atoms with Crippen LogP contribution in [-0.4, -0.2) is 37.6 Å². The molecular weight excluding hydrogens is 533 g/mol. The number of carbonyl (C=O) groups excluding carboxylic acids is 3. The van der Waals surface area contributed by atoms with Crippen LogP contribution < -0.4 is 5.43 Å². The SMILES string of the molecule is CC(C)(C)OC(=O)NN1C(=O)S/C(=C\c2ccc3c(cnn3Cc3ccc(Cl)cc3C(F)(F)F)c2)C1=O. The molecule has 37 heavy (non-hydrogen) atoms. The van der Waals surface area contributed by atoms with Gasteiger partial charge in [-0.1, -0.05) is 23.7 Å². The van der Waals surface area contributed by atoms with Gasteiger partial charge in [0.25, 0.3) is 5.91 Å². The molecule has 1 aliphatic rings. The Labute approximate surface area is 218 Å². The number of rotatable bonds is 4. The first-order chi connectivity index (χ1) is 17.2. The summed E-state index contributed by atoms with van der Waals surface area (Å²) >= 11 is 6.41. The molecular formula is C24H20ClF3N4O4S. The van der Waals surface area contributed by atoms with E-state index in [0.717, 1.165) is 6.07 Å². The molecule has 0 radical (unpaired) electrons. The summed E-state index contributed by atoms with van der Waals surface area (Å²) in [6.07, 6.45) is -2.55. The Hall–Kier alpha value is -3.51. The molecule has 0 unspecified atom stereocenters. The van der Waals surface area contributed by atoms with Gasteiger partial charge in [-0.25, -0.2) is 10.2 Å². The number of hydrogen-bond acceptors (Lipinski definition) is 6. The predicted molar refractivity (Wildman–Crippen MR) is 132 cm³/mol. The number of imide groups is 1. The molecule has 1 fully saturated rings. The maximum atomic E-state index is 13.5. The van der Waals surface area contributed by atoms with E-state index >= 15 is 0 Å². The number of halogens is 4. The Morgan fingerprint density at radius 2 is 1.89 bits per heavy atom. The minimum absolute atomic E-state index is 0.0112. The van der Waals surface area contributed by atoms with Gasteiger partial charge in [-0.05, 0) is 74.0 Å². The quantitative estimate of drug-likeness (QED) is 0.386. The summed E-state index contributed by atoms with van der Waals surface area (Å²) in [5.74, 6) is -0.723. The van der Waals surface area contributed by atoms with Crippen LogP contribution in [-0.2, 0) is 22.3 Å². The molecule has 0 atom stereocenters. The maximum Gasteiger partial charge on any atom is 0.427 e. The number of aromatic nitrogens is 2. The zero-order valence-corrected chi connectivity index (χ0v) is 21.3. The van der Waals surface area contributed by atoms with E-state index in [1.807, 2.05) is 0 Å². The Balaban J connectivity index is 1.55. The number of hydrazine groups is 1. The summed E-state index contributed by atoms with van der Waals surface area (Å²) in [7, 11) is 0. The first kappa shape index (κ1) is 26.6. The lowest BCUT2D eigenvalue weighted by Crippen LogP contribution is -2.46. The molecule has 3 amide bonds. The van der Waals surface area contributed by atoms with E-state index in [2.05, 4.69) is 10.5 Å². The van der Waals surface area contributed by atoms with E-state index in [1.54, 1.807) is 39.0 Å². The summed E-state index contributed by atoms with van der Waals surface area (Å²) < 4.78 is 46.9. The summed E-state index contributed by atoms with van der Waals surface area (Å²) in [5, 5.41) is 4.69. The maximum absolute atomic E-state index is 13.5. The van der Waals surface area contributed by atoms with E-state index in [4.69, 9.17) is 16.3 Å². The van der Waals surface area contributed by atoms with Gasteiger partial charge in [0.15, 0.2) is 0 Å². The largest absolute Gasteiger partial charge is 0.443 e. The summed E-state index contributed by atoms with van der Waals surface area (Å²) in [5.41, 5.74) is 1.62. The lowest BCUT2D eigenvalue weighted by atomic mass is 10.1. The van der Waals surface area contributed by atoms with Crippen molar-refractivity contribution in [1.82, 2.24) is 20.2 Å². The normalized spacial score (nSPS) is 15.6. The van der Waals surface area contributed by atoms with Gasteiger partial charge in [-0.2, -0.15) is 23.3 Å². The van der Waals surface area contributed by atoms with Crippen LogP contribution in [0.3, 0.4) is 0 Å². The summed E-state index contributed by atoms with van der Waals surface area (Å²) in [4.78, 5) is 36.9. The zero-order chi connectivity index (χ0) is 27.1. The summed E-state index contributed by atoms with van der Waals surface area (Å²) in [6.45, 7) is 4.79. The molecule has 0 bridgehead atoms. The highest BCUT2D eigenvalue weighted by Crippen LogP contribution is 2.35. The predicted octanol–water partition coefficient (Wildman–Crippen LogP) is 6.23. The summed E-state index contributed by atoms with van der Waals surface area (Å²) in [6, 6.07) is 8.56. The topological polar surface area (TPSA) is 93.5 Å². The van der Waals surface area contributed by atoms with Gasteiger partial charge < -0.3 is 4.74 Å². The van der Waals surface area contributed by atoms with Crippen LogP contribution >= 0.6 is 23.4 Å². The van der Waals surface area contributed by atoms with Gasteiger partial charge >= 0.3 is 17.5 Å².